The van der Waals surface area contributed by atoms with Gasteiger partial charge >= 0.3 is 0 Å². The highest BCUT2D eigenvalue weighted by molar-refractivity contribution is 7.91. The zero-order valence-electron chi connectivity index (χ0n) is 8.93. The van der Waals surface area contributed by atoms with Gasteiger partial charge in [0.2, 0.25) is 5.91 Å². The van der Waals surface area contributed by atoms with E-state index >= 15 is 0 Å². The number of anilines is 1. The molecule has 1 aromatic carbocycles. The van der Waals surface area contributed by atoms with Crippen LogP contribution >= 0.6 is 0 Å². The minimum absolute atomic E-state index is 0.0277. The first-order chi connectivity index (χ1) is 7.45. The largest absolute Gasteiger partial charge is 0.376 e. The summed E-state index contributed by atoms with van der Waals surface area (Å²) in [5.74, 6) is -0.397. The van der Waals surface area contributed by atoms with Crippen LogP contribution in [0.3, 0.4) is 0 Å². The zero-order chi connectivity index (χ0) is 12.2. The third-order valence-corrected chi connectivity index (χ3v) is 3.81. The maximum atomic E-state index is 11.5. The standard InChI is InChI=1S/C10H14N2O3S/c1-2-16(14,15)9-5-3-8(4-6-9)12-7-10(11)13/h3-6,12H,2,7H2,1H3,(H2,11,13). The van der Waals surface area contributed by atoms with E-state index in [4.69, 9.17) is 5.73 Å². The van der Waals surface area contributed by atoms with Gasteiger partial charge < -0.3 is 11.1 Å². The maximum Gasteiger partial charge on any atom is 0.236 e. The summed E-state index contributed by atoms with van der Waals surface area (Å²) in [4.78, 5) is 10.8. The monoisotopic (exact) mass is 242 g/mol. The number of sulfone groups is 1. The molecule has 0 atom stereocenters. The molecule has 0 bridgehead atoms. The van der Waals surface area contributed by atoms with Crippen molar-refractivity contribution in [1.82, 2.24) is 0 Å². The van der Waals surface area contributed by atoms with E-state index in [0.717, 1.165) is 0 Å². The van der Waals surface area contributed by atoms with Gasteiger partial charge in [-0.1, -0.05) is 6.92 Å². The molecule has 1 amide bonds. The number of benzene rings is 1. The van der Waals surface area contributed by atoms with Crippen molar-refractivity contribution in [2.45, 2.75) is 11.8 Å². The van der Waals surface area contributed by atoms with Crippen LogP contribution in [0.2, 0.25) is 0 Å². The Balaban J connectivity index is 2.80. The molecule has 0 aliphatic carbocycles. The topological polar surface area (TPSA) is 89.3 Å². The van der Waals surface area contributed by atoms with E-state index in [9.17, 15) is 13.2 Å². The number of hydrogen-bond donors (Lipinski definition) is 2. The number of carbonyl (C=O) groups excluding carboxylic acids is 1. The van der Waals surface area contributed by atoms with Gasteiger partial charge in [-0.25, -0.2) is 8.42 Å². The van der Waals surface area contributed by atoms with Crippen LogP contribution in [0.1, 0.15) is 6.92 Å². The number of carbonyl (C=O) groups is 1. The van der Waals surface area contributed by atoms with E-state index in [1.54, 1.807) is 19.1 Å². The second-order valence-electron chi connectivity index (χ2n) is 3.25. The summed E-state index contributed by atoms with van der Waals surface area (Å²) in [5.41, 5.74) is 5.62. The lowest BCUT2D eigenvalue weighted by atomic mass is 10.3. The van der Waals surface area contributed by atoms with Crippen molar-refractivity contribution in [3.8, 4) is 0 Å². The predicted octanol–water partition coefficient (Wildman–Crippen LogP) is 0.377. The minimum Gasteiger partial charge on any atom is -0.376 e. The Labute approximate surface area is 94.6 Å². The molecule has 0 spiro atoms. The Bertz CT molecular complexity index is 465. The molecule has 0 aliphatic rings. The number of primary amides is 1. The number of amides is 1. The summed E-state index contributed by atoms with van der Waals surface area (Å²) in [6.07, 6.45) is 0. The Morgan fingerprint density at radius 2 is 1.88 bits per heavy atom. The molecule has 16 heavy (non-hydrogen) atoms. The Kier molecular flexibility index (Phi) is 3.89. The number of nitrogens with two attached hydrogens (primary N) is 1. The summed E-state index contributed by atoms with van der Waals surface area (Å²) in [6, 6.07) is 6.21. The van der Waals surface area contributed by atoms with Crippen molar-refractivity contribution in [1.29, 1.82) is 0 Å². The lowest BCUT2D eigenvalue weighted by Gasteiger charge is -2.05. The highest BCUT2D eigenvalue weighted by atomic mass is 32.2. The van der Waals surface area contributed by atoms with E-state index in [1.165, 1.54) is 12.1 Å². The number of nitrogens with one attached hydrogen (secondary N) is 1. The second kappa shape index (κ2) is 4.98. The molecule has 0 saturated heterocycles. The van der Waals surface area contributed by atoms with Gasteiger partial charge in [-0.2, -0.15) is 0 Å². The van der Waals surface area contributed by atoms with Gasteiger partial charge in [0.1, 0.15) is 0 Å². The first kappa shape index (κ1) is 12.5. The molecule has 88 valence electrons. The van der Waals surface area contributed by atoms with Crippen molar-refractivity contribution in [2.75, 3.05) is 17.6 Å². The predicted molar refractivity (Wildman–Crippen MR) is 61.9 cm³/mol. The average molecular weight is 242 g/mol. The molecular formula is C10H14N2O3S. The molecule has 1 aromatic rings. The first-order valence-electron chi connectivity index (χ1n) is 4.80. The highest BCUT2D eigenvalue weighted by Gasteiger charge is 2.10. The summed E-state index contributed by atoms with van der Waals surface area (Å²) in [7, 11) is -3.17. The molecule has 1 rings (SSSR count). The third-order valence-electron chi connectivity index (χ3n) is 2.06. The fraction of sp³-hybridized carbons (Fsp3) is 0.300. The molecule has 6 heteroatoms. The van der Waals surface area contributed by atoms with Crippen LogP contribution in [-0.2, 0) is 14.6 Å². The van der Waals surface area contributed by atoms with E-state index in [1.807, 2.05) is 0 Å². The van der Waals surface area contributed by atoms with Gasteiger partial charge in [0, 0.05) is 5.69 Å². The quantitative estimate of drug-likeness (QED) is 0.781. The van der Waals surface area contributed by atoms with Gasteiger partial charge in [0.25, 0.3) is 0 Å². The normalized spacial score (nSPS) is 11.1. The van der Waals surface area contributed by atoms with Crippen LogP contribution in [0, 0.1) is 0 Å². The molecule has 0 saturated carbocycles. The Morgan fingerprint density at radius 3 is 2.31 bits per heavy atom. The van der Waals surface area contributed by atoms with Crippen molar-refractivity contribution >= 4 is 21.4 Å². The molecule has 0 heterocycles. The molecule has 5 nitrogen and oxygen atoms in total. The summed E-state index contributed by atoms with van der Waals surface area (Å²) in [5, 5.41) is 2.77. The SMILES string of the molecule is CCS(=O)(=O)c1ccc(NCC(N)=O)cc1. The van der Waals surface area contributed by atoms with Crippen LogP contribution in [0.5, 0.6) is 0 Å². The van der Waals surface area contributed by atoms with Gasteiger partial charge in [0.05, 0.1) is 17.2 Å². The van der Waals surface area contributed by atoms with Gasteiger partial charge in [-0.3, -0.25) is 4.79 Å². The summed E-state index contributed by atoms with van der Waals surface area (Å²) < 4.78 is 23.0. The summed E-state index contributed by atoms with van der Waals surface area (Å²) in [6.45, 7) is 1.62. The fourth-order valence-electron chi connectivity index (χ4n) is 1.14. The zero-order valence-corrected chi connectivity index (χ0v) is 9.75. The lowest BCUT2D eigenvalue weighted by molar-refractivity contribution is -0.116. The van der Waals surface area contributed by atoms with Crippen LogP contribution in [0.4, 0.5) is 5.69 Å². The molecule has 0 fully saturated rings. The van der Waals surface area contributed by atoms with Crippen LogP contribution < -0.4 is 11.1 Å². The van der Waals surface area contributed by atoms with Crippen LogP contribution in [-0.4, -0.2) is 26.6 Å². The van der Waals surface area contributed by atoms with Crippen LogP contribution in [0.15, 0.2) is 29.2 Å². The average Bonchev–Trinajstić information content (AvgIpc) is 2.27. The van der Waals surface area contributed by atoms with Crippen LogP contribution in [0.25, 0.3) is 0 Å². The summed E-state index contributed by atoms with van der Waals surface area (Å²) >= 11 is 0. The van der Waals surface area contributed by atoms with E-state index < -0.39 is 15.7 Å². The molecule has 0 aromatic heterocycles. The van der Waals surface area contributed by atoms with Crippen molar-refractivity contribution in [2.24, 2.45) is 5.73 Å². The van der Waals surface area contributed by atoms with Gasteiger partial charge in [-0.15, -0.1) is 0 Å². The molecule has 0 unspecified atom stereocenters. The molecule has 3 N–H and O–H groups in total. The number of rotatable bonds is 5. The number of hydrogen-bond acceptors (Lipinski definition) is 4. The maximum absolute atomic E-state index is 11.5. The smallest absolute Gasteiger partial charge is 0.236 e. The minimum atomic E-state index is -3.17. The third kappa shape index (κ3) is 3.23. The highest BCUT2D eigenvalue weighted by Crippen LogP contribution is 2.14. The first-order valence-corrected chi connectivity index (χ1v) is 6.46. The van der Waals surface area contributed by atoms with Crippen molar-refractivity contribution in [3.05, 3.63) is 24.3 Å². The van der Waals surface area contributed by atoms with Crippen molar-refractivity contribution in [3.63, 3.8) is 0 Å². The lowest BCUT2D eigenvalue weighted by Crippen LogP contribution is -2.21. The molecular weight excluding hydrogens is 228 g/mol. The van der Waals surface area contributed by atoms with Gasteiger partial charge in [0.15, 0.2) is 9.84 Å². The fourth-order valence-corrected chi connectivity index (χ4v) is 2.02. The van der Waals surface area contributed by atoms with E-state index in [-0.39, 0.29) is 17.2 Å². The van der Waals surface area contributed by atoms with E-state index in [0.29, 0.717) is 5.69 Å². The molecule has 0 aliphatic heterocycles. The van der Waals surface area contributed by atoms with E-state index in [2.05, 4.69) is 5.32 Å². The van der Waals surface area contributed by atoms with Crippen molar-refractivity contribution < 1.29 is 13.2 Å². The molecule has 0 radical (unpaired) electrons. The second-order valence-corrected chi connectivity index (χ2v) is 5.53. The van der Waals surface area contributed by atoms with Gasteiger partial charge in [-0.05, 0) is 24.3 Å². The Hall–Kier alpha value is -1.56. The Morgan fingerprint density at radius 1 is 1.31 bits per heavy atom.